The highest BCUT2D eigenvalue weighted by molar-refractivity contribution is 5.69. The molecule has 4 heteroatoms. The number of imidazole rings is 1. The van der Waals surface area contributed by atoms with Gasteiger partial charge >= 0.3 is 5.97 Å². The van der Waals surface area contributed by atoms with Crippen molar-refractivity contribution in [3.8, 4) is 0 Å². The number of nitrogens with zero attached hydrogens (tertiary/aromatic N) is 2. The number of aryl methyl sites for hydroxylation is 2. The topological polar surface area (TPSA) is 44.1 Å². The third-order valence-electron chi connectivity index (χ3n) is 2.00. The second-order valence-corrected chi connectivity index (χ2v) is 2.93. The second-order valence-electron chi connectivity index (χ2n) is 2.93. The van der Waals surface area contributed by atoms with E-state index in [0.717, 1.165) is 12.4 Å². The van der Waals surface area contributed by atoms with Crippen molar-refractivity contribution >= 4 is 5.97 Å². The van der Waals surface area contributed by atoms with Crippen molar-refractivity contribution < 1.29 is 9.53 Å². The van der Waals surface area contributed by atoms with Gasteiger partial charge in [0.25, 0.3) is 0 Å². The van der Waals surface area contributed by atoms with Crippen LogP contribution in [0.15, 0.2) is 12.4 Å². The SMILES string of the molecule is CCOC(=O)CCc1nccn1CC. The minimum atomic E-state index is -0.154. The molecule has 0 N–H and O–H groups in total. The second kappa shape index (κ2) is 5.42. The van der Waals surface area contributed by atoms with Crippen molar-refractivity contribution in [1.29, 1.82) is 0 Å². The van der Waals surface area contributed by atoms with E-state index in [-0.39, 0.29) is 5.97 Å². The first-order valence-electron chi connectivity index (χ1n) is 4.93. The van der Waals surface area contributed by atoms with Gasteiger partial charge in [0.1, 0.15) is 5.82 Å². The highest BCUT2D eigenvalue weighted by atomic mass is 16.5. The molecule has 14 heavy (non-hydrogen) atoms. The molecule has 0 amide bonds. The highest BCUT2D eigenvalue weighted by Crippen LogP contribution is 2.02. The van der Waals surface area contributed by atoms with Crippen LogP contribution in [0.5, 0.6) is 0 Å². The number of hydrogen-bond acceptors (Lipinski definition) is 3. The van der Waals surface area contributed by atoms with Crippen molar-refractivity contribution in [3.63, 3.8) is 0 Å². The van der Waals surface area contributed by atoms with Gasteiger partial charge in [0, 0.05) is 25.4 Å². The summed E-state index contributed by atoms with van der Waals surface area (Å²) in [5.74, 6) is 0.790. The molecule has 1 heterocycles. The Kier molecular flexibility index (Phi) is 4.16. The van der Waals surface area contributed by atoms with E-state index in [9.17, 15) is 4.79 Å². The van der Waals surface area contributed by atoms with Crippen molar-refractivity contribution in [2.45, 2.75) is 33.2 Å². The van der Waals surface area contributed by atoms with E-state index in [0.29, 0.717) is 19.4 Å². The Labute approximate surface area is 83.9 Å². The Morgan fingerprint density at radius 2 is 2.36 bits per heavy atom. The third-order valence-corrected chi connectivity index (χ3v) is 2.00. The smallest absolute Gasteiger partial charge is 0.306 e. The van der Waals surface area contributed by atoms with Crippen LogP contribution in [-0.4, -0.2) is 22.1 Å². The largest absolute Gasteiger partial charge is 0.466 e. The van der Waals surface area contributed by atoms with E-state index < -0.39 is 0 Å². The maximum absolute atomic E-state index is 11.1. The molecule has 0 atom stereocenters. The van der Waals surface area contributed by atoms with Crippen LogP contribution in [0.3, 0.4) is 0 Å². The number of rotatable bonds is 5. The molecule has 0 spiro atoms. The molecule has 1 aromatic heterocycles. The normalized spacial score (nSPS) is 10.1. The average molecular weight is 196 g/mol. The van der Waals surface area contributed by atoms with E-state index >= 15 is 0 Å². The van der Waals surface area contributed by atoms with Gasteiger partial charge in [-0.15, -0.1) is 0 Å². The van der Waals surface area contributed by atoms with E-state index in [1.54, 1.807) is 6.20 Å². The lowest BCUT2D eigenvalue weighted by Crippen LogP contribution is -2.08. The molecule has 0 bridgehead atoms. The summed E-state index contributed by atoms with van der Waals surface area (Å²) in [6.07, 6.45) is 4.73. The molecule has 0 saturated heterocycles. The Morgan fingerprint density at radius 3 is 3.00 bits per heavy atom. The molecule has 0 unspecified atom stereocenters. The van der Waals surface area contributed by atoms with Gasteiger partial charge in [-0.2, -0.15) is 0 Å². The summed E-state index contributed by atoms with van der Waals surface area (Å²) in [7, 11) is 0. The van der Waals surface area contributed by atoms with Crippen LogP contribution < -0.4 is 0 Å². The summed E-state index contributed by atoms with van der Waals surface area (Å²) in [6.45, 7) is 5.19. The summed E-state index contributed by atoms with van der Waals surface area (Å²) < 4.78 is 6.86. The Bertz CT molecular complexity index is 294. The molecule has 0 aliphatic heterocycles. The quantitative estimate of drug-likeness (QED) is 0.668. The first-order chi connectivity index (χ1) is 6.77. The summed E-state index contributed by atoms with van der Waals surface area (Å²) >= 11 is 0. The van der Waals surface area contributed by atoms with E-state index in [2.05, 4.69) is 11.9 Å². The van der Waals surface area contributed by atoms with Gasteiger partial charge in [0.15, 0.2) is 0 Å². The predicted octanol–water partition coefficient (Wildman–Crippen LogP) is 1.40. The van der Waals surface area contributed by atoms with Gasteiger partial charge in [0.2, 0.25) is 0 Å². The Balaban J connectivity index is 2.41. The molecule has 0 fully saturated rings. The van der Waals surface area contributed by atoms with Crippen LogP contribution in [0.2, 0.25) is 0 Å². The zero-order valence-electron chi connectivity index (χ0n) is 8.69. The van der Waals surface area contributed by atoms with Crippen LogP contribution in [0, 0.1) is 0 Å². The van der Waals surface area contributed by atoms with Gasteiger partial charge in [-0.3, -0.25) is 4.79 Å². The number of carbonyl (C=O) groups excluding carboxylic acids is 1. The molecule has 78 valence electrons. The Hall–Kier alpha value is -1.32. The van der Waals surface area contributed by atoms with E-state index in [1.807, 2.05) is 17.7 Å². The zero-order valence-corrected chi connectivity index (χ0v) is 8.69. The standard InChI is InChI=1S/C10H16N2O2/c1-3-12-8-7-11-9(12)5-6-10(13)14-4-2/h7-8H,3-6H2,1-2H3. The fourth-order valence-electron chi connectivity index (χ4n) is 1.30. The fraction of sp³-hybridized carbons (Fsp3) is 0.600. The van der Waals surface area contributed by atoms with E-state index in [1.165, 1.54) is 0 Å². The van der Waals surface area contributed by atoms with Gasteiger partial charge in [0.05, 0.1) is 13.0 Å². The molecular weight excluding hydrogens is 180 g/mol. The first-order valence-corrected chi connectivity index (χ1v) is 4.93. The fourth-order valence-corrected chi connectivity index (χ4v) is 1.30. The van der Waals surface area contributed by atoms with Crippen LogP contribution in [0.1, 0.15) is 26.1 Å². The van der Waals surface area contributed by atoms with Crippen molar-refractivity contribution in [3.05, 3.63) is 18.2 Å². The minimum Gasteiger partial charge on any atom is -0.466 e. The summed E-state index contributed by atoms with van der Waals surface area (Å²) in [6, 6.07) is 0. The molecule has 0 saturated carbocycles. The molecule has 0 aromatic carbocycles. The molecule has 4 nitrogen and oxygen atoms in total. The lowest BCUT2D eigenvalue weighted by Gasteiger charge is -2.04. The van der Waals surface area contributed by atoms with Crippen molar-refractivity contribution in [1.82, 2.24) is 9.55 Å². The monoisotopic (exact) mass is 196 g/mol. The molecule has 1 rings (SSSR count). The molecule has 1 aromatic rings. The van der Waals surface area contributed by atoms with Crippen LogP contribution in [-0.2, 0) is 22.5 Å². The maximum atomic E-state index is 11.1. The minimum absolute atomic E-state index is 0.154. The average Bonchev–Trinajstić information content (AvgIpc) is 2.62. The van der Waals surface area contributed by atoms with E-state index in [4.69, 9.17) is 4.74 Å². The van der Waals surface area contributed by atoms with Crippen molar-refractivity contribution in [2.75, 3.05) is 6.61 Å². The number of ether oxygens (including phenoxy) is 1. The maximum Gasteiger partial charge on any atom is 0.306 e. The first kappa shape index (κ1) is 10.8. The number of carbonyl (C=O) groups is 1. The zero-order chi connectivity index (χ0) is 10.4. The van der Waals surface area contributed by atoms with Gasteiger partial charge in [-0.05, 0) is 13.8 Å². The third kappa shape index (κ3) is 2.87. The van der Waals surface area contributed by atoms with Gasteiger partial charge in [-0.25, -0.2) is 4.98 Å². The number of esters is 1. The van der Waals surface area contributed by atoms with Gasteiger partial charge in [-0.1, -0.05) is 0 Å². The molecule has 0 aliphatic rings. The predicted molar refractivity (Wildman–Crippen MR) is 52.9 cm³/mol. The molecular formula is C10H16N2O2. The summed E-state index contributed by atoms with van der Waals surface area (Å²) in [4.78, 5) is 15.3. The van der Waals surface area contributed by atoms with Crippen LogP contribution in [0.4, 0.5) is 0 Å². The lowest BCUT2D eigenvalue weighted by molar-refractivity contribution is -0.143. The van der Waals surface area contributed by atoms with Crippen LogP contribution >= 0.6 is 0 Å². The van der Waals surface area contributed by atoms with Gasteiger partial charge < -0.3 is 9.30 Å². The summed E-state index contributed by atoms with van der Waals surface area (Å²) in [5, 5.41) is 0. The number of hydrogen-bond donors (Lipinski definition) is 0. The highest BCUT2D eigenvalue weighted by Gasteiger charge is 2.06. The van der Waals surface area contributed by atoms with Crippen molar-refractivity contribution in [2.24, 2.45) is 0 Å². The molecule has 0 aliphatic carbocycles. The number of aromatic nitrogens is 2. The summed E-state index contributed by atoms with van der Waals surface area (Å²) in [5.41, 5.74) is 0. The molecule has 0 radical (unpaired) electrons. The Morgan fingerprint density at radius 1 is 1.57 bits per heavy atom. The lowest BCUT2D eigenvalue weighted by atomic mass is 10.3. The van der Waals surface area contributed by atoms with Crippen LogP contribution in [0.25, 0.3) is 0 Å².